The van der Waals surface area contributed by atoms with Crippen molar-refractivity contribution in [2.45, 2.75) is 0 Å². The molecule has 1 heterocycles. The molecule has 130 valence electrons. The summed E-state index contributed by atoms with van der Waals surface area (Å²) in [6.45, 7) is 0. The maximum atomic E-state index is 4.30. The van der Waals surface area contributed by atoms with Gasteiger partial charge in [-0.15, -0.1) is 0 Å². The first kappa shape index (κ1) is 15.4. The fraction of sp³-hybridized carbons (Fsp3) is 0. The summed E-state index contributed by atoms with van der Waals surface area (Å²) in [6, 6.07) is 33.0. The van der Waals surface area contributed by atoms with Gasteiger partial charge in [-0.05, 0) is 91.1 Å². The maximum absolute atomic E-state index is 4.30. The van der Waals surface area contributed by atoms with Gasteiger partial charge in [-0.1, -0.05) is 48.5 Å². The topological polar surface area (TPSA) is 12.9 Å². The van der Waals surface area contributed by atoms with E-state index < -0.39 is 0 Å². The molecule has 28 heavy (non-hydrogen) atoms. The third-order valence-corrected chi connectivity index (χ3v) is 5.63. The van der Waals surface area contributed by atoms with Crippen LogP contribution in [0.2, 0.25) is 0 Å². The van der Waals surface area contributed by atoms with E-state index >= 15 is 0 Å². The van der Waals surface area contributed by atoms with E-state index in [1.807, 2.05) is 18.5 Å². The van der Waals surface area contributed by atoms with Crippen LogP contribution in [0, 0.1) is 0 Å². The predicted octanol–water partition coefficient (Wildman–Crippen LogP) is 7.36. The second-order valence-electron chi connectivity index (χ2n) is 7.37. The second kappa shape index (κ2) is 5.90. The predicted molar refractivity (Wildman–Crippen MR) is 120 cm³/mol. The van der Waals surface area contributed by atoms with Gasteiger partial charge in [-0.2, -0.15) is 0 Å². The Morgan fingerprint density at radius 3 is 1.75 bits per heavy atom. The zero-order chi connectivity index (χ0) is 18.5. The monoisotopic (exact) mass is 355 g/mol. The zero-order valence-corrected chi connectivity index (χ0v) is 15.3. The first-order valence-electron chi connectivity index (χ1n) is 9.55. The summed E-state index contributed by atoms with van der Waals surface area (Å²) >= 11 is 0. The summed E-state index contributed by atoms with van der Waals surface area (Å²) in [5, 5.41) is 10.2. The minimum absolute atomic E-state index is 1.15. The summed E-state index contributed by atoms with van der Waals surface area (Å²) < 4.78 is 0. The molecule has 0 unspecified atom stereocenters. The highest BCUT2D eigenvalue weighted by molar-refractivity contribution is 6.10. The van der Waals surface area contributed by atoms with E-state index in [1.54, 1.807) is 0 Å². The van der Waals surface area contributed by atoms with Crippen molar-refractivity contribution in [2.75, 3.05) is 0 Å². The smallest absolute Gasteiger partial charge is 0.0346 e. The Kier molecular flexibility index (Phi) is 3.24. The SMILES string of the molecule is c1cncc(-c2cccc3cc4cc5cc6ccccc6cc5cc4cc23)c1. The van der Waals surface area contributed by atoms with Crippen LogP contribution in [-0.2, 0) is 0 Å². The number of benzene rings is 5. The minimum Gasteiger partial charge on any atom is -0.264 e. The Morgan fingerprint density at radius 2 is 1.07 bits per heavy atom. The van der Waals surface area contributed by atoms with E-state index in [2.05, 4.69) is 89.9 Å². The lowest BCUT2D eigenvalue weighted by Gasteiger charge is -2.10. The largest absolute Gasteiger partial charge is 0.264 e. The van der Waals surface area contributed by atoms with Crippen molar-refractivity contribution >= 4 is 43.1 Å². The van der Waals surface area contributed by atoms with Crippen LogP contribution in [0.3, 0.4) is 0 Å². The average Bonchev–Trinajstić information content (AvgIpc) is 2.75. The molecule has 0 aliphatic heterocycles. The molecule has 0 amide bonds. The van der Waals surface area contributed by atoms with Crippen LogP contribution >= 0.6 is 0 Å². The quantitative estimate of drug-likeness (QED) is 0.281. The standard InChI is InChI=1S/C27H17N/c1-2-6-19-12-23-15-25-16-27-20(13-24(25)14-22(23)11-18(19)5-1)7-3-9-26(27)21-8-4-10-28-17-21/h1-17H. The molecule has 0 saturated carbocycles. The summed E-state index contributed by atoms with van der Waals surface area (Å²) in [5.41, 5.74) is 2.38. The number of rotatable bonds is 1. The highest BCUT2D eigenvalue weighted by atomic mass is 14.6. The lowest BCUT2D eigenvalue weighted by atomic mass is 9.94. The Morgan fingerprint density at radius 1 is 0.464 bits per heavy atom. The lowest BCUT2D eigenvalue weighted by Crippen LogP contribution is -1.84. The second-order valence-corrected chi connectivity index (χ2v) is 7.37. The molecule has 6 rings (SSSR count). The lowest BCUT2D eigenvalue weighted by molar-refractivity contribution is 1.33. The van der Waals surface area contributed by atoms with Gasteiger partial charge < -0.3 is 0 Å². The molecule has 5 aromatic carbocycles. The van der Waals surface area contributed by atoms with Crippen LogP contribution in [0.15, 0.2) is 103 Å². The number of hydrogen-bond donors (Lipinski definition) is 0. The third-order valence-electron chi connectivity index (χ3n) is 5.63. The molecule has 0 aliphatic carbocycles. The van der Waals surface area contributed by atoms with E-state index in [-0.39, 0.29) is 0 Å². The van der Waals surface area contributed by atoms with Crippen LogP contribution in [0.25, 0.3) is 54.2 Å². The molecule has 0 aliphatic rings. The van der Waals surface area contributed by atoms with Crippen LogP contribution in [0.5, 0.6) is 0 Å². The Hall–Kier alpha value is -3.71. The maximum Gasteiger partial charge on any atom is 0.0346 e. The van der Waals surface area contributed by atoms with Gasteiger partial charge in [0.05, 0.1) is 0 Å². The van der Waals surface area contributed by atoms with Crippen molar-refractivity contribution in [1.82, 2.24) is 4.98 Å². The van der Waals surface area contributed by atoms with Crippen LogP contribution < -0.4 is 0 Å². The molecule has 0 bridgehead atoms. The fourth-order valence-electron chi connectivity index (χ4n) is 4.24. The van der Waals surface area contributed by atoms with Gasteiger partial charge in [0.1, 0.15) is 0 Å². The van der Waals surface area contributed by atoms with Gasteiger partial charge in [-0.3, -0.25) is 4.98 Å². The highest BCUT2D eigenvalue weighted by Gasteiger charge is 2.07. The molecule has 0 N–H and O–H groups in total. The number of nitrogens with zero attached hydrogens (tertiary/aromatic N) is 1. The van der Waals surface area contributed by atoms with E-state index in [9.17, 15) is 0 Å². The van der Waals surface area contributed by atoms with Gasteiger partial charge in [0.15, 0.2) is 0 Å². The number of aromatic nitrogens is 1. The van der Waals surface area contributed by atoms with E-state index in [0.29, 0.717) is 0 Å². The van der Waals surface area contributed by atoms with Gasteiger partial charge >= 0.3 is 0 Å². The molecule has 0 spiro atoms. The molecular weight excluding hydrogens is 338 g/mol. The number of fused-ring (bicyclic) bond motifs is 4. The van der Waals surface area contributed by atoms with Crippen molar-refractivity contribution in [3.8, 4) is 11.1 Å². The van der Waals surface area contributed by atoms with Crippen LogP contribution in [-0.4, -0.2) is 4.98 Å². The normalized spacial score (nSPS) is 11.6. The van der Waals surface area contributed by atoms with Crippen molar-refractivity contribution in [1.29, 1.82) is 0 Å². The van der Waals surface area contributed by atoms with Crippen LogP contribution in [0.1, 0.15) is 0 Å². The molecule has 0 radical (unpaired) electrons. The summed E-state index contributed by atoms with van der Waals surface area (Å²) in [4.78, 5) is 4.30. The fourth-order valence-corrected chi connectivity index (χ4v) is 4.24. The summed E-state index contributed by atoms with van der Waals surface area (Å²) in [7, 11) is 0. The molecule has 0 atom stereocenters. The van der Waals surface area contributed by atoms with Gasteiger partial charge in [0, 0.05) is 18.0 Å². The van der Waals surface area contributed by atoms with Gasteiger partial charge in [0.25, 0.3) is 0 Å². The summed E-state index contributed by atoms with van der Waals surface area (Å²) in [5.74, 6) is 0. The third kappa shape index (κ3) is 2.37. The van der Waals surface area contributed by atoms with E-state index in [1.165, 1.54) is 48.7 Å². The molecule has 1 heteroatoms. The first-order chi connectivity index (χ1) is 13.8. The molecule has 6 aromatic rings. The Labute approximate surface area is 162 Å². The highest BCUT2D eigenvalue weighted by Crippen LogP contribution is 2.34. The minimum atomic E-state index is 1.15. The first-order valence-corrected chi connectivity index (χ1v) is 9.55. The van der Waals surface area contributed by atoms with Crippen molar-refractivity contribution in [3.05, 3.63) is 103 Å². The van der Waals surface area contributed by atoms with Crippen molar-refractivity contribution in [3.63, 3.8) is 0 Å². The summed E-state index contributed by atoms with van der Waals surface area (Å²) in [6.07, 6.45) is 3.76. The van der Waals surface area contributed by atoms with E-state index in [4.69, 9.17) is 0 Å². The Bertz CT molecular complexity index is 1500. The molecule has 1 nitrogen and oxygen atoms in total. The Balaban J connectivity index is 1.68. The number of pyridine rings is 1. The van der Waals surface area contributed by atoms with Crippen molar-refractivity contribution in [2.24, 2.45) is 0 Å². The van der Waals surface area contributed by atoms with E-state index in [0.717, 1.165) is 5.56 Å². The molecular formula is C27H17N. The molecule has 1 aromatic heterocycles. The zero-order valence-electron chi connectivity index (χ0n) is 15.3. The van der Waals surface area contributed by atoms with Crippen LogP contribution in [0.4, 0.5) is 0 Å². The number of hydrogen-bond acceptors (Lipinski definition) is 1. The van der Waals surface area contributed by atoms with Gasteiger partial charge in [-0.25, -0.2) is 0 Å². The van der Waals surface area contributed by atoms with Crippen molar-refractivity contribution < 1.29 is 0 Å². The van der Waals surface area contributed by atoms with Gasteiger partial charge in [0.2, 0.25) is 0 Å². The molecule has 0 saturated heterocycles. The molecule has 0 fully saturated rings. The average molecular weight is 355 g/mol.